The highest BCUT2D eigenvalue weighted by Gasteiger charge is 2.23. The van der Waals surface area contributed by atoms with Crippen molar-refractivity contribution in [2.24, 2.45) is 0 Å². The number of carbonyl (C=O) groups excluding carboxylic acids is 1. The summed E-state index contributed by atoms with van der Waals surface area (Å²) in [5.74, 6) is -0.0573. The molecule has 2 aromatic rings. The van der Waals surface area contributed by atoms with E-state index in [-0.39, 0.29) is 5.91 Å². The van der Waals surface area contributed by atoms with Crippen molar-refractivity contribution in [2.75, 3.05) is 42.9 Å². The van der Waals surface area contributed by atoms with Gasteiger partial charge in [-0.3, -0.25) is 4.79 Å². The quantitative estimate of drug-likeness (QED) is 0.824. The van der Waals surface area contributed by atoms with Crippen molar-refractivity contribution in [3.05, 3.63) is 57.6 Å². The number of hydrogen-bond donors (Lipinski definition) is 2. The molecule has 0 unspecified atom stereocenters. The molecule has 1 saturated heterocycles. The minimum absolute atomic E-state index is 0.0573. The van der Waals surface area contributed by atoms with Crippen LogP contribution >= 0.6 is 23.2 Å². The minimum atomic E-state index is -0.0573. The Morgan fingerprint density at radius 3 is 2.63 bits per heavy atom. The van der Waals surface area contributed by atoms with Crippen molar-refractivity contribution in [1.29, 1.82) is 5.26 Å². The first kappa shape index (κ1) is 19.5. The van der Waals surface area contributed by atoms with Crippen molar-refractivity contribution < 1.29 is 9.69 Å². The maximum Gasteiger partial charge on any atom is 0.279 e. The molecule has 3 rings (SSSR count). The van der Waals surface area contributed by atoms with Crippen LogP contribution in [0.1, 0.15) is 11.1 Å². The van der Waals surface area contributed by atoms with Crippen molar-refractivity contribution in [3.8, 4) is 6.07 Å². The Hall–Kier alpha value is -2.26. The number of benzene rings is 2. The molecule has 2 aromatic carbocycles. The van der Waals surface area contributed by atoms with Gasteiger partial charge in [-0.1, -0.05) is 29.3 Å². The van der Waals surface area contributed by atoms with Gasteiger partial charge in [0, 0.05) is 16.4 Å². The van der Waals surface area contributed by atoms with Crippen LogP contribution in [0.25, 0.3) is 0 Å². The number of aryl methyl sites for hydroxylation is 1. The molecule has 0 aliphatic carbocycles. The SMILES string of the molecule is Cc1ccc(Cl)cc1N1CC[NH+](CC(=O)Nc2ccc(C#N)c(Cl)c2)CC1. The second-order valence-corrected chi connectivity index (χ2v) is 7.54. The highest BCUT2D eigenvalue weighted by Crippen LogP contribution is 2.24. The highest BCUT2D eigenvalue weighted by atomic mass is 35.5. The molecule has 1 fully saturated rings. The fourth-order valence-corrected chi connectivity index (χ4v) is 3.67. The Balaban J connectivity index is 1.53. The maximum atomic E-state index is 12.3. The van der Waals surface area contributed by atoms with Gasteiger partial charge in [-0.05, 0) is 42.8 Å². The number of carbonyl (C=O) groups is 1. The van der Waals surface area contributed by atoms with Gasteiger partial charge >= 0.3 is 0 Å². The Morgan fingerprint density at radius 2 is 1.96 bits per heavy atom. The predicted octanol–water partition coefficient (Wildman–Crippen LogP) is 2.52. The topological polar surface area (TPSA) is 60.6 Å². The summed E-state index contributed by atoms with van der Waals surface area (Å²) in [6.07, 6.45) is 0. The van der Waals surface area contributed by atoms with E-state index in [0.29, 0.717) is 22.8 Å². The number of hydrogen-bond acceptors (Lipinski definition) is 3. The molecule has 1 amide bonds. The molecule has 0 atom stereocenters. The van der Waals surface area contributed by atoms with Crippen LogP contribution in [-0.2, 0) is 4.79 Å². The third kappa shape index (κ3) is 4.92. The van der Waals surface area contributed by atoms with Crippen molar-refractivity contribution in [3.63, 3.8) is 0 Å². The summed E-state index contributed by atoms with van der Waals surface area (Å²) >= 11 is 12.1. The lowest BCUT2D eigenvalue weighted by molar-refractivity contribution is -0.892. The number of amides is 1. The number of piperazine rings is 1. The van der Waals surface area contributed by atoms with Crippen molar-refractivity contribution in [1.82, 2.24) is 0 Å². The first-order chi connectivity index (χ1) is 13.0. The van der Waals surface area contributed by atoms with E-state index in [2.05, 4.69) is 17.1 Å². The minimum Gasteiger partial charge on any atom is -0.360 e. The van der Waals surface area contributed by atoms with Crippen LogP contribution in [0.2, 0.25) is 10.0 Å². The van der Waals surface area contributed by atoms with E-state index in [9.17, 15) is 4.79 Å². The van der Waals surface area contributed by atoms with Gasteiger partial charge in [-0.15, -0.1) is 0 Å². The predicted molar refractivity (Wildman–Crippen MR) is 109 cm³/mol. The zero-order valence-electron chi connectivity index (χ0n) is 15.1. The molecule has 0 aromatic heterocycles. The van der Waals surface area contributed by atoms with Crippen LogP contribution in [0.15, 0.2) is 36.4 Å². The summed E-state index contributed by atoms with van der Waals surface area (Å²) in [4.78, 5) is 15.9. The number of quaternary nitrogens is 1. The maximum absolute atomic E-state index is 12.3. The summed E-state index contributed by atoms with van der Waals surface area (Å²) in [5.41, 5.74) is 3.38. The largest absolute Gasteiger partial charge is 0.360 e. The third-order valence-electron chi connectivity index (χ3n) is 4.77. The molecule has 5 nitrogen and oxygen atoms in total. The Bertz CT molecular complexity index is 886. The normalized spacial score (nSPS) is 14.7. The summed E-state index contributed by atoms with van der Waals surface area (Å²) in [7, 11) is 0. The van der Waals surface area contributed by atoms with Crippen LogP contribution in [0.3, 0.4) is 0 Å². The smallest absolute Gasteiger partial charge is 0.279 e. The fraction of sp³-hybridized carbons (Fsp3) is 0.300. The monoisotopic (exact) mass is 403 g/mol. The van der Waals surface area contributed by atoms with Gasteiger partial charge in [0.25, 0.3) is 5.91 Å². The van der Waals surface area contributed by atoms with Crippen LogP contribution in [0, 0.1) is 18.3 Å². The molecule has 1 aliphatic heterocycles. The van der Waals surface area contributed by atoms with Crippen LogP contribution < -0.4 is 15.1 Å². The number of anilines is 2. The lowest BCUT2D eigenvalue weighted by Gasteiger charge is -2.34. The molecule has 0 radical (unpaired) electrons. The van der Waals surface area contributed by atoms with Crippen LogP contribution in [0.5, 0.6) is 0 Å². The number of nitriles is 1. The lowest BCUT2D eigenvalue weighted by Crippen LogP contribution is -3.15. The van der Waals surface area contributed by atoms with Crippen molar-refractivity contribution >= 4 is 40.5 Å². The van der Waals surface area contributed by atoms with E-state index >= 15 is 0 Å². The van der Waals surface area contributed by atoms with Gasteiger partial charge in [-0.2, -0.15) is 5.26 Å². The highest BCUT2D eigenvalue weighted by molar-refractivity contribution is 6.32. The number of nitrogens with one attached hydrogen (secondary N) is 2. The van der Waals surface area contributed by atoms with E-state index in [1.165, 1.54) is 16.2 Å². The molecule has 1 heterocycles. The summed E-state index contributed by atoms with van der Waals surface area (Å²) in [5, 5.41) is 12.8. The van der Waals surface area contributed by atoms with E-state index in [1.54, 1.807) is 18.2 Å². The van der Waals surface area contributed by atoms with Gasteiger partial charge in [0.15, 0.2) is 6.54 Å². The van der Waals surface area contributed by atoms with Gasteiger partial charge in [0.2, 0.25) is 0 Å². The first-order valence-corrected chi connectivity index (χ1v) is 9.56. The molecule has 1 aliphatic rings. The molecular weight excluding hydrogens is 383 g/mol. The Morgan fingerprint density at radius 1 is 1.22 bits per heavy atom. The van der Waals surface area contributed by atoms with Gasteiger partial charge in [-0.25, -0.2) is 0 Å². The number of rotatable bonds is 4. The first-order valence-electron chi connectivity index (χ1n) is 8.80. The zero-order chi connectivity index (χ0) is 19.4. The van der Waals surface area contributed by atoms with E-state index in [4.69, 9.17) is 28.5 Å². The van der Waals surface area contributed by atoms with Crippen molar-refractivity contribution in [2.45, 2.75) is 6.92 Å². The third-order valence-corrected chi connectivity index (χ3v) is 5.31. The summed E-state index contributed by atoms with van der Waals surface area (Å²) in [6.45, 7) is 6.01. The lowest BCUT2D eigenvalue weighted by atomic mass is 10.1. The zero-order valence-corrected chi connectivity index (χ0v) is 16.6. The van der Waals surface area contributed by atoms with Crippen LogP contribution in [0.4, 0.5) is 11.4 Å². The summed E-state index contributed by atoms with van der Waals surface area (Å²) in [6, 6.07) is 12.9. The molecule has 140 valence electrons. The second kappa shape index (κ2) is 8.62. The molecule has 0 spiro atoms. The number of halogens is 2. The molecule has 27 heavy (non-hydrogen) atoms. The average Bonchev–Trinajstić information content (AvgIpc) is 2.64. The second-order valence-electron chi connectivity index (χ2n) is 6.70. The van der Waals surface area contributed by atoms with Gasteiger partial charge in [0.05, 0.1) is 36.8 Å². The van der Waals surface area contributed by atoms with Crippen LogP contribution in [-0.4, -0.2) is 38.6 Å². The standard InChI is InChI=1S/C20H20Cl2N4O/c1-14-2-4-16(21)10-19(14)26-8-6-25(7-9-26)13-20(27)24-17-5-3-15(12-23)18(22)11-17/h2-5,10-11H,6-9,13H2,1H3,(H,24,27)/p+1. The molecule has 7 heteroatoms. The van der Waals surface area contributed by atoms with E-state index in [1.807, 2.05) is 24.3 Å². The van der Waals surface area contributed by atoms with Gasteiger partial charge < -0.3 is 15.1 Å². The molecule has 0 bridgehead atoms. The molecule has 0 saturated carbocycles. The Labute approximate surface area is 169 Å². The van der Waals surface area contributed by atoms with E-state index in [0.717, 1.165) is 31.2 Å². The van der Waals surface area contributed by atoms with Gasteiger partial charge in [0.1, 0.15) is 6.07 Å². The molecule has 2 N–H and O–H groups in total. The Kier molecular flexibility index (Phi) is 6.22. The number of nitrogens with zero attached hydrogens (tertiary/aromatic N) is 2. The fourth-order valence-electron chi connectivity index (χ4n) is 3.28. The molecular formula is C20H21Cl2N4O+. The van der Waals surface area contributed by atoms with E-state index < -0.39 is 0 Å². The summed E-state index contributed by atoms with van der Waals surface area (Å²) < 4.78 is 0. The average molecular weight is 404 g/mol.